The van der Waals surface area contributed by atoms with Crippen molar-refractivity contribution in [2.24, 2.45) is 0 Å². The molecule has 2 rings (SSSR count). The number of rotatable bonds is 9. The number of anilines is 2. The highest BCUT2D eigenvalue weighted by molar-refractivity contribution is 7.89. The van der Waals surface area contributed by atoms with Crippen LogP contribution in [0.15, 0.2) is 11.0 Å². The SMILES string of the molecule is CCNc1cc(NCCNS(=O)(=O)c2c(C)nn(CC)c2C)nc(C)n1. The van der Waals surface area contributed by atoms with E-state index in [0.29, 0.717) is 36.1 Å². The number of nitrogens with one attached hydrogen (secondary N) is 3. The van der Waals surface area contributed by atoms with Crippen molar-refractivity contribution in [1.29, 1.82) is 0 Å². The van der Waals surface area contributed by atoms with Crippen LogP contribution in [0.1, 0.15) is 31.1 Å². The van der Waals surface area contributed by atoms with Gasteiger partial charge in [-0.3, -0.25) is 4.68 Å². The maximum Gasteiger partial charge on any atom is 0.244 e. The number of nitrogens with zero attached hydrogens (tertiary/aromatic N) is 4. The fraction of sp³-hybridized carbons (Fsp3) is 0.562. The highest BCUT2D eigenvalue weighted by Crippen LogP contribution is 2.19. The molecule has 0 aliphatic carbocycles. The van der Waals surface area contributed by atoms with Gasteiger partial charge in [0, 0.05) is 32.2 Å². The second kappa shape index (κ2) is 8.45. The zero-order valence-corrected chi connectivity index (χ0v) is 16.7. The van der Waals surface area contributed by atoms with Gasteiger partial charge in [0.25, 0.3) is 0 Å². The third-order valence-electron chi connectivity index (χ3n) is 3.80. The van der Waals surface area contributed by atoms with Gasteiger partial charge in [0.15, 0.2) is 0 Å². The Morgan fingerprint density at radius 2 is 1.69 bits per heavy atom. The summed E-state index contributed by atoms with van der Waals surface area (Å²) in [7, 11) is -3.61. The molecule has 0 aliphatic rings. The maximum atomic E-state index is 12.6. The van der Waals surface area contributed by atoms with Crippen LogP contribution in [0.5, 0.6) is 0 Å². The molecule has 0 spiro atoms. The van der Waals surface area contributed by atoms with Crippen molar-refractivity contribution in [3.05, 3.63) is 23.3 Å². The standard InChI is InChI=1S/C16H27N7O2S/c1-6-17-14-10-15(21-13(5)20-14)18-8-9-19-26(24,25)16-11(3)22-23(7-2)12(16)4/h10,19H,6-9H2,1-5H3,(H2,17,18,20,21). The van der Waals surface area contributed by atoms with Crippen LogP contribution >= 0.6 is 0 Å². The predicted molar refractivity (Wildman–Crippen MR) is 102 cm³/mol. The van der Waals surface area contributed by atoms with Gasteiger partial charge in [-0.05, 0) is 34.6 Å². The van der Waals surface area contributed by atoms with Crippen LogP contribution in [0.3, 0.4) is 0 Å². The van der Waals surface area contributed by atoms with Gasteiger partial charge in [-0.2, -0.15) is 5.10 Å². The fourth-order valence-electron chi connectivity index (χ4n) is 2.76. The average Bonchev–Trinajstić information content (AvgIpc) is 2.86. The van der Waals surface area contributed by atoms with Crippen LogP contribution in [-0.4, -0.2) is 47.8 Å². The number of aromatic nitrogens is 4. The Bertz CT molecular complexity index is 862. The lowest BCUT2D eigenvalue weighted by atomic mass is 10.4. The van der Waals surface area contributed by atoms with Gasteiger partial charge in [0.2, 0.25) is 10.0 Å². The smallest absolute Gasteiger partial charge is 0.244 e. The average molecular weight is 382 g/mol. The first-order chi connectivity index (χ1) is 12.3. The molecule has 2 aromatic rings. The minimum Gasteiger partial charge on any atom is -0.370 e. The van der Waals surface area contributed by atoms with Gasteiger partial charge in [-0.15, -0.1) is 0 Å². The molecule has 9 nitrogen and oxygen atoms in total. The Balaban J connectivity index is 1.98. The molecule has 0 fully saturated rings. The molecular weight excluding hydrogens is 354 g/mol. The maximum absolute atomic E-state index is 12.6. The van der Waals surface area contributed by atoms with E-state index < -0.39 is 10.0 Å². The van der Waals surface area contributed by atoms with Gasteiger partial charge in [0.05, 0.1) is 11.4 Å². The molecule has 10 heteroatoms. The molecule has 26 heavy (non-hydrogen) atoms. The van der Waals surface area contributed by atoms with Crippen LogP contribution in [-0.2, 0) is 16.6 Å². The van der Waals surface area contributed by atoms with E-state index in [9.17, 15) is 8.42 Å². The topological polar surface area (TPSA) is 114 Å². The Hall–Kier alpha value is -2.20. The van der Waals surface area contributed by atoms with Crippen molar-refractivity contribution in [3.8, 4) is 0 Å². The van der Waals surface area contributed by atoms with Crippen molar-refractivity contribution in [2.45, 2.75) is 46.1 Å². The molecular formula is C16H27N7O2S. The molecule has 0 unspecified atom stereocenters. The number of aryl methyl sites for hydroxylation is 3. The zero-order chi connectivity index (χ0) is 19.3. The largest absolute Gasteiger partial charge is 0.370 e. The first-order valence-corrected chi connectivity index (χ1v) is 10.1. The summed E-state index contributed by atoms with van der Waals surface area (Å²) in [6.45, 7) is 11.2. The molecule has 0 atom stereocenters. The second-order valence-corrected chi connectivity index (χ2v) is 7.56. The predicted octanol–water partition coefficient (Wildman–Crippen LogP) is 1.44. The molecule has 144 valence electrons. The van der Waals surface area contributed by atoms with Crippen LogP contribution in [0.2, 0.25) is 0 Å². The van der Waals surface area contributed by atoms with E-state index in [1.807, 2.05) is 20.8 Å². The van der Waals surface area contributed by atoms with Crippen LogP contribution in [0, 0.1) is 20.8 Å². The third kappa shape index (κ3) is 4.70. The number of hydrogen-bond acceptors (Lipinski definition) is 7. The van der Waals surface area contributed by atoms with Crippen molar-refractivity contribution in [2.75, 3.05) is 30.3 Å². The van der Waals surface area contributed by atoms with E-state index in [2.05, 4.69) is 30.4 Å². The summed E-state index contributed by atoms with van der Waals surface area (Å²) in [5.74, 6) is 2.03. The van der Waals surface area contributed by atoms with E-state index in [4.69, 9.17) is 0 Å². The van der Waals surface area contributed by atoms with Crippen molar-refractivity contribution >= 4 is 21.7 Å². The zero-order valence-electron chi connectivity index (χ0n) is 15.9. The number of sulfonamides is 1. The summed E-state index contributed by atoms with van der Waals surface area (Å²) >= 11 is 0. The minimum absolute atomic E-state index is 0.234. The molecule has 0 saturated heterocycles. The van der Waals surface area contributed by atoms with Gasteiger partial charge in [-0.1, -0.05) is 0 Å². The van der Waals surface area contributed by atoms with E-state index in [-0.39, 0.29) is 11.4 Å². The molecule has 0 amide bonds. The lowest BCUT2D eigenvalue weighted by molar-refractivity contribution is 0.580. The highest BCUT2D eigenvalue weighted by atomic mass is 32.2. The minimum atomic E-state index is -3.61. The van der Waals surface area contributed by atoms with Crippen LogP contribution in [0.4, 0.5) is 11.6 Å². The first-order valence-electron chi connectivity index (χ1n) is 8.65. The summed E-state index contributed by atoms with van der Waals surface area (Å²) < 4.78 is 29.5. The molecule has 0 radical (unpaired) electrons. The van der Waals surface area contributed by atoms with E-state index in [0.717, 1.165) is 12.4 Å². The quantitative estimate of drug-likeness (QED) is 0.563. The van der Waals surface area contributed by atoms with E-state index in [1.54, 1.807) is 24.6 Å². The van der Waals surface area contributed by atoms with E-state index in [1.165, 1.54) is 0 Å². The number of hydrogen-bond donors (Lipinski definition) is 3. The van der Waals surface area contributed by atoms with Crippen LogP contribution in [0.25, 0.3) is 0 Å². The Labute approximate surface area is 154 Å². The second-order valence-electron chi connectivity index (χ2n) is 5.86. The Kier molecular flexibility index (Phi) is 6.54. The summed E-state index contributed by atoms with van der Waals surface area (Å²) in [6, 6.07) is 1.80. The molecule has 0 aromatic carbocycles. The van der Waals surface area contributed by atoms with Gasteiger partial charge in [-0.25, -0.2) is 23.1 Å². The monoisotopic (exact) mass is 381 g/mol. The highest BCUT2D eigenvalue weighted by Gasteiger charge is 2.23. The van der Waals surface area contributed by atoms with Crippen molar-refractivity contribution in [1.82, 2.24) is 24.5 Å². The van der Waals surface area contributed by atoms with Gasteiger partial charge in [0.1, 0.15) is 22.4 Å². The molecule has 0 aliphatic heterocycles. The van der Waals surface area contributed by atoms with E-state index >= 15 is 0 Å². The summed E-state index contributed by atoms with van der Waals surface area (Å²) in [5, 5.41) is 10.5. The summed E-state index contributed by atoms with van der Waals surface area (Å²) in [5.41, 5.74) is 1.15. The Morgan fingerprint density at radius 3 is 2.27 bits per heavy atom. The van der Waals surface area contributed by atoms with Crippen molar-refractivity contribution < 1.29 is 8.42 Å². The lowest BCUT2D eigenvalue weighted by Crippen LogP contribution is -2.30. The molecule has 3 N–H and O–H groups in total. The molecule has 0 bridgehead atoms. The normalized spacial score (nSPS) is 11.6. The lowest BCUT2D eigenvalue weighted by Gasteiger charge is -2.10. The molecule has 2 heterocycles. The summed E-state index contributed by atoms with van der Waals surface area (Å²) in [4.78, 5) is 8.83. The molecule has 0 saturated carbocycles. The van der Waals surface area contributed by atoms with Gasteiger partial charge >= 0.3 is 0 Å². The Morgan fingerprint density at radius 1 is 1.04 bits per heavy atom. The van der Waals surface area contributed by atoms with Gasteiger partial charge < -0.3 is 10.6 Å². The van der Waals surface area contributed by atoms with Crippen molar-refractivity contribution in [3.63, 3.8) is 0 Å². The summed E-state index contributed by atoms with van der Waals surface area (Å²) in [6.07, 6.45) is 0. The molecule has 2 aromatic heterocycles. The van der Waals surface area contributed by atoms with Crippen LogP contribution < -0.4 is 15.4 Å². The first kappa shape index (κ1) is 20.1. The fourth-order valence-corrected chi connectivity index (χ4v) is 4.19. The third-order valence-corrected chi connectivity index (χ3v) is 5.51.